The minimum atomic E-state index is -0.598. The van der Waals surface area contributed by atoms with Crippen molar-refractivity contribution in [2.24, 2.45) is 0 Å². The fraction of sp³-hybridized carbons (Fsp3) is 0.857. The Morgan fingerprint density at radius 2 is 1.86 bits per heavy atom. The van der Waals surface area contributed by atoms with Gasteiger partial charge in [-0.25, -0.2) is 9.59 Å². The second-order valence-electron chi connectivity index (χ2n) is 5.74. The second-order valence-corrected chi connectivity index (χ2v) is 6.74. The lowest BCUT2D eigenvalue weighted by atomic mass is 10.2. The molecule has 0 radical (unpaired) electrons. The molecule has 1 fully saturated rings. The zero-order chi connectivity index (χ0) is 16.6. The van der Waals surface area contributed by atoms with Gasteiger partial charge in [0.25, 0.3) is 0 Å². The Morgan fingerprint density at radius 1 is 1.18 bits per heavy atom. The zero-order valence-corrected chi connectivity index (χ0v) is 14.4. The van der Waals surface area contributed by atoms with Crippen LogP contribution in [0.4, 0.5) is 4.79 Å². The number of nitrogens with zero attached hydrogens (tertiary/aromatic N) is 1. The van der Waals surface area contributed by atoms with Crippen molar-refractivity contribution in [3.8, 4) is 0 Å². The van der Waals surface area contributed by atoms with Crippen LogP contribution >= 0.6 is 11.8 Å². The maximum absolute atomic E-state index is 12.1. The second kappa shape index (κ2) is 9.22. The summed E-state index contributed by atoms with van der Waals surface area (Å²) in [4.78, 5) is 25.5. The highest BCUT2D eigenvalue weighted by Crippen LogP contribution is 2.24. The third-order valence-electron chi connectivity index (χ3n) is 2.69. The van der Waals surface area contributed by atoms with Crippen LogP contribution in [-0.4, -0.2) is 73.8 Å². The Hall–Kier alpha value is -0.990. The molecule has 0 aromatic heterocycles. The van der Waals surface area contributed by atoms with E-state index in [4.69, 9.17) is 18.9 Å². The first kappa shape index (κ1) is 19.1. The van der Waals surface area contributed by atoms with E-state index in [-0.39, 0.29) is 6.61 Å². The van der Waals surface area contributed by atoms with E-state index in [1.165, 1.54) is 16.7 Å². The normalized spacial score (nSPS) is 18.4. The molecule has 128 valence electrons. The Kier molecular flexibility index (Phi) is 7.98. The van der Waals surface area contributed by atoms with Gasteiger partial charge in [-0.15, -0.1) is 11.8 Å². The molecule has 0 bridgehead atoms. The fourth-order valence-corrected chi connectivity index (χ4v) is 2.81. The smallest absolute Gasteiger partial charge is 0.411 e. The Balaban J connectivity index is 2.35. The highest BCUT2D eigenvalue weighted by atomic mass is 32.2. The number of hydrogen-bond acceptors (Lipinski definition) is 7. The van der Waals surface area contributed by atoms with Crippen LogP contribution in [0.3, 0.4) is 0 Å². The number of carbonyl (C=O) groups is 2. The molecule has 7 nitrogen and oxygen atoms in total. The van der Waals surface area contributed by atoms with Crippen LogP contribution < -0.4 is 0 Å². The lowest BCUT2D eigenvalue weighted by molar-refractivity contribution is -0.150. The van der Waals surface area contributed by atoms with Crippen molar-refractivity contribution in [1.82, 2.24) is 4.90 Å². The molecule has 1 amide bonds. The van der Waals surface area contributed by atoms with Gasteiger partial charge in [-0.1, -0.05) is 0 Å². The molecule has 0 saturated carbocycles. The van der Waals surface area contributed by atoms with Gasteiger partial charge in [-0.05, 0) is 20.8 Å². The van der Waals surface area contributed by atoms with Gasteiger partial charge >= 0.3 is 12.1 Å². The van der Waals surface area contributed by atoms with Crippen LogP contribution in [0.15, 0.2) is 0 Å². The Morgan fingerprint density at radius 3 is 2.50 bits per heavy atom. The number of methoxy groups -OCH3 is 1. The van der Waals surface area contributed by atoms with E-state index in [0.717, 1.165) is 0 Å². The summed E-state index contributed by atoms with van der Waals surface area (Å²) < 4.78 is 20.5. The standard InChI is InChI=1S/C14H25NO6S/c1-14(2,3)21-13(17)15-10-22-9-11(15)12(16)20-8-7-19-6-5-18-4/h11H,5-10H2,1-4H3. The quantitative estimate of drug-likeness (QED) is 0.515. The van der Waals surface area contributed by atoms with Gasteiger partial charge in [0.05, 0.1) is 25.7 Å². The number of ether oxygens (including phenoxy) is 4. The van der Waals surface area contributed by atoms with E-state index in [9.17, 15) is 9.59 Å². The first-order chi connectivity index (χ1) is 10.3. The molecule has 1 aliphatic rings. The van der Waals surface area contributed by atoms with Gasteiger partial charge < -0.3 is 18.9 Å². The van der Waals surface area contributed by atoms with Crippen LogP contribution in [0.1, 0.15) is 20.8 Å². The van der Waals surface area contributed by atoms with Crippen molar-refractivity contribution in [1.29, 1.82) is 0 Å². The van der Waals surface area contributed by atoms with E-state index in [1.54, 1.807) is 27.9 Å². The van der Waals surface area contributed by atoms with Crippen LogP contribution in [0.5, 0.6) is 0 Å². The van der Waals surface area contributed by atoms with Gasteiger partial charge in [0.15, 0.2) is 0 Å². The summed E-state index contributed by atoms with van der Waals surface area (Å²) in [6.07, 6.45) is -0.490. The van der Waals surface area contributed by atoms with Gasteiger partial charge in [-0.2, -0.15) is 0 Å². The van der Waals surface area contributed by atoms with Crippen molar-refractivity contribution in [2.45, 2.75) is 32.4 Å². The van der Waals surface area contributed by atoms with E-state index in [0.29, 0.717) is 31.5 Å². The summed E-state index contributed by atoms with van der Waals surface area (Å²) in [5.41, 5.74) is -0.589. The Labute approximate surface area is 135 Å². The highest BCUT2D eigenvalue weighted by Gasteiger charge is 2.38. The predicted molar refractivity (Wildman–Crippen MR) is 82.8 cm³/mol. The minimum absolute atomic E-state index is 0.159. The van der Waals surface area contributed by atoms with E-state index in [2.05, 4.69) is 0 Å². The summed E-state index contributed by atoms with van der Waals surface area (Å²) in [6.45, 7) is 6.79. The molecule has 0 spiro atoms. The number of esters is 1. The molecule has 0 aromatic rings. The van der Waals surface area contributed by atoms with Gasteiger partial charge in [-0.3, -0.25) is 4.90 Å². The number of thioether (sulfide) groups is 1. The fourth-order valence-electron chi connectivity index (χ4n) is 1.68. The lowest BCUT2D eigenvalue weighted by Crippen LogP contribution is -2.45. The highest BCUT2D eigenvalue weighted by molar-refractivity contribution is 7.99. The summed E-state index contributed by atoms with van der Waals surface area (Å²) in [5, 5.41) is 0. The largest absolute Gasteiger partial charge is 0.462 e. The van der Waals surface area contributed by atoms with Gasteiger partial charge in [0.2, 0.25) is 0 Å². The maximum Gasteiger partial charge on any atom is 0.411 e. The first-order valence-corrected chi connectivity index (χ1v) is 8.31. The molecule has 0 aliphatic carbocycles. The topological polar surface area (TPSA) is 74.3 Å². The molecule has 0 N–H and O–H groups in total. The lowest BCUT2D eigenvalue weighted by Gasteiger charge is -2.27. The van der Waals surface area contributed by atoms with Crippen LogP contribution in [0.25, 0.3) is 0 Å². The molecular formula is C14H25NO6S. The van der Waals surface area contributed by atoms with E-state index in [1.807, 2.05) is 0 Å². The van der Waals surface area contributed by atoms with Crippen LogP contribution in [0.2, 0.25) is 0 Å². The molecule has 1 rings (SSSR count). The average Bonchev–Trinajstić information content (AvgIpc) is 2.90. The third kappa shape index (κ3) is 6.85. The van der Waals surface area contributed by atoms with Crippen molar-refractivity contribution in [3.05, 3.63) is 0 Å². The van der Waals surface area contributed by atoms with Crippen molar-refractivity contribution >= 4 is 23.8 Å². The minimum Gasteiger partial charge on any atom is -0.462 e. The van der Waals surface area contributed by atoms with Gasteiger partial charge in [0.1, 0.15) is 18.2 Å². The van der Waals surface area contributed by atoms with Gasteiger partial charge in [0, 0.05) is 12.9 Å². The van der Waals surface area contributed by atoms with E-state index >= 15 is 0 Å². The molecule has 0 aromatic carbocycles. The van der Waals surface area contributed by atoms with Crippen LogP contribution in [0, 0.1) is 0 Å². The molecule has 22 heavy (non-hydrogen) atoms. The zero-order valence-electron chi connectivity index (χ0n) is 13.6. The summed E-state index contributed by atoms with van der Waals surface area (Å²) in [5.74, 6) is 0.521. The van der Waals surface area contributed by atoms with E-state index < -0.39 is 23.7 Å². The Bertz CT molecular complexity index is 371. The monoisotopic (exact) mass is 335 g/mol. The summed E-state index contributed by atoms with van der Waals surface area (Å²) >= 11 is 1.50. The first-order valence-electron chi connectivity index (χ1n) is 7.16. The van der Waals surface area contributed by atoms with Crippen molar-refractivity contribution < 1.29 is 28.5 Å². The number of hydrogen-bond donors (Lipinski definition) is 0. The average molecular weight is 335 g/mol. The maximum atomic E-state index is 12.1. The molecular weight excluding hydrogens is 310 g/mol. The van der Waals surface area contributed by atoms with Crippen LogP contribution in [-0.2, 0) is 23.7 Å². The molecule has 1 atom stereocenters. The summed E-state index contributed by atoms with van der Waals surface area (Å²) in [6, 6.07) is -0.598. The molecule has 8 heteroatoms. The predicted octanol–water partition coefficient (Wildman–Crippen LogP) is 1.50. The number of rotatable bonds is 7. The molecule has 1 unspecified atom stereocenters. The number of amides is 1. The van der Waals surface area contributed by atoms with Crippen molar-refractivity contribution in [2.75, 3.05) is 45.2 Å². The molecule has 1 saturated heterocycles. The third-order valence-corrected chi connectivity index (χ3v) is 3.70. The summed E-state index contributed by atoms with van der Waals surface area (Å²) in [7, 11) is 1.59. The molecule has 1 aliphatic heterocycles. The van der Waals surface area contributed by atoms with Crippen molar-refractivity contribution in [3.63, 3.8) is 0 Å². The molecule has 1 heterocycles. The number of carbonyl (C=O) groups excluding carboxylic acids is 2. The SMILES string of the molecule is COCCOCCOC(=O)C1CSCN1C(=O)OC(C)(C)C.